The summed E-state index contributed by atoms with van der Waals surface area (Å²) in [6, 6.07) is 0. The van der Waals surface area contributed by atoms with Crippen LogP contribution in [0.2, 0.25) is 0 Å². The van der Waals surface area contributed by atoms with Crippen LogP contribution in [0.15, 0.2) is 0 Å². The van der Waals surface area contributed by atoms with E-state index in [1.54, 1.807) is 6.92 Å². The van der Waals surface area contributed by atoms with E-state index in [1.807, 2.05) is 0 Å². The SMILES string of the molecule is CO[C@H]1O[C@H](C)[C@@H]2OS(=O)O[C@@H]2[C@H]1O. The molecule has 0 spiro atoms. The van der Waals surface area contributed by atoms with Crippen molar-refractivity contribution < 1.29 is 27.2 Å². The largest absolute Gasteiger partial charge is 0.385 e. The maximum atomic E-state index is 11.0. The third kappa shape index (κ3) is 1.60. The molecule has 2 aliphatic heterocycles. The molecule has 0 radical (unpaired) electrons. The number of hydrogen-bond acceptors (Lipinski definition) is 6. The summed E-state index contributed by atoms with van der Waals surface area (Å²) >= 11 is -1.80. The molecule has 82 valence electrons. The fourth-order valence-electron chi connectivity index (χ4n) is 1.63. The van der Waals surface area contributed by atoms with Crippen LogP contribution in [0.1, 0.15) is 6.92 Å². The molecule has 2 saturated heterocycles. The highest BCUT2D eigenvalue weighted by atomic mass is 32.2. The highest BCUT2D eigenvalue weighted by molar-refractivity contribution is 7.75. The highest BCUT2D eigenvalue weighted by Crippen LogP contribution is 2.31. The van der Waals surface area contributed by atoms with E-state index in [1.165, 1.54) is 7.11 Å². The molecular weight excluding hydrogens is 212 g/mol. The zero-order valence-corrected chi connectivity index (χ0v) is 8.60. The van der Waals surface area contributed by atoms with Crippen LogP contribution in [-0.4, -0.2) is 47.1 Å². The van der Waals surface area contributed by atoms with Gasteiger partial charge in [-0.2, -0.15) is 4.21 Å². The van der Waals surface area contributed by atoms with Crippen molar-refractivity contribution in [1.29, 1.82) is 0 Å². The van der Waals surface area contributed by atoms with E-state index < -0.39 is 36.0 Å². The van der Waals surface area contributed by atoms with E-state index in [0.717, 1.165) is 0 Å². The summed E-state index contributed by atoms with van der Waals surface area (Å²) in [6.07, 6.45) is -3.21. The Morgan fingerprint density at radius 2 is 2.00 bits per heavy atom. The van der Waals surface area contributed by atoms with Gasteiger partial charge in [-0.05, 0) is 6.92 Å². The minimum Gasteiger partial charge on any atom is -0.385 e. The second-order valence-corrected chi connectivity index (χ2v) is 4.05. The summed E-state index contributed by atoms with van der Waals surface area (Å²) < 4.78 is 31.0. The topological polar surface area (TPSA) is 74.2 Å². The van der Waals surface area contributed by atoms with Gasteiger partial charge < -0.3 is 14.6 Å². The summed E-state index contributed by atoms with van der Waals surface area (Å²) in [5.74, 6) is 0. The molecule has 0 saturated carbocycles. The summed E-state index contributed by atoms with van der Waals surface area (Å²) in [4.78, 5) is 0. The number of ether oxygens (including phenoxy) is 2. The van der Waals surface area contributed by atoms with Gasteiger partial charge in [-0.15, -0.1) is 0 Å². The molecule has 0 aromatic rings. The molecule has 2 rings (SSSR count). The Morgan fingerprint density at radius 1 is 1.36 bits per heavy atom. The van der Waals surface area contributed by atoms with Gasteiger partial charge in [0.2, 0.25) is 0 Å². The number of aliphatic hydroxyl groups excluding tert-OH is 1. The van der Waals surface area contributed by atoms with Gasteiger partial charge in [0.25, 0.3) is 0 Å². The van der Waals surface area contributed by atoms with Gasteiger partial charge in [-0.25, -0.2) is 0 Å². The maximum Gasteiger partial charge on any atom is 0.305 e. The molecule has 0 bridgehead atoms. The Morgan fingerprint density at radius 3 is 2.64 bits per heavy atom. The van der Waals surface area contributed by atoms with Gasteiger partial charge in [0.1, 0.15) is 18.3 Å². The fourth-order valence-corrected chi connectivity index (χ4v) is 2.53. The predicted octanol–water partition coefficient (Wildman–Crippen LogP) is -0.899. The van der Waals surface area contributed by atoms with E-state index in [2.05, 4.69) is 0 Å². The van der Waals surface area contributed by atoms with Crippen molar-refractivity contribution in [2.24, 2.45) is 0 Å². The standard InChI is InChI=1S/C7H12O6S/c1-3-5-6(13-14(9)12-5)4(8)7(10-2)11-3/h3-8H,1-2H3/t3-,4-,5+,6-,7+,14?/m1/s1. The van der Waals surface area contributed by atoms with Crippen molar-refractivity contribution in [3.05, 3.63) is 0 Å². The van der Waals surface area contributed by atoms with Crippen LogP contribution >= 0.6 is 0 Å². The highest BCUT2D eigenvalue weighted by Gasteiger charge is 2.51. The molecule has 1 unspecified atom stereocenters. The van der Waals surface area contributed by atoms with Gasteiger partial charge in [-0.1, -0.05) is 0 Å². The predicted molar refractivity (Wildman–Crippen MR) is 45.2 cm³/mol. The van der Waals surface area contributed by atoms with Crippen molar-refractivity contribution in [1.82, 2.24) is 0 Å². The van der Waals surface area contributed by atoms with Gasteiger partial charge >= 0.3 is 11.4 Å². The van der Waals surface area contributed by atoms with Crippen LogP contribution < -0.4 is 0 Å². The molecule has 7 heteroatoms. The average Bonchev–Trinajstić information content (AvgIpc) is 2.54. The molecule has 6 atom stereocenters. The smallest absolute Gasteiger partial charge is 0.305 e. The molecule has 6 nitrogen and oxygen atoms in total. The van der Waals surface area contributed by atoms with Crippen molar-refractivity contribution in [2.45, 2.75) is 37.6 Å². The van der Waals surface area contributed by atoms with Crippen molar-refractivity contribution in [2.75, 3.05) is 7.11 Å². The van der Waals surface area contributed by atoms with Gasteiger partial charge in [-0.3, -0.25) is 8.37 Å². The molecule has 14 heavy (non-hydrogen) atoms. The molecular formula is C7H12O6S. The van der Waals surface area contributed by atoms with Crippen LogP contribution in [0.3, 0.4) is 0 Å². The Kier molecular flexibility index (Phi) is 2.87. The van der Waals surface area contributed by atoms with Crippen molar-refractivity contribution in [3.8, 4) is 0 Å². The van der Waals surface area contributed by atoms with Crippen molar-refractivity contribution in [3.63, 3.8) is 0 Å². The number of fused-ring (bicyclic) bond motifs is 1. The van der Waals surface area contributed by atoms with Crippen LogP contribution in [-0.2, 0) is 29.2 Å². The minimum atomic E-state index is -1.80. The monoisotopic (exact) mass is 224 g/mol. The van der Waals surface area contributed by atoms with E-state index in [-0.39, 0.29) is 6.10 Å². The quantitative estimate of drug-likeness (QED) is 0.622. The zero-order chi connectivity index (χ0) is 10.3. The van der Waals surface area contributed by atoms with Crippen LogP contribution in [0.5, 0.6) is 0 Å². The normalized spacial score (nSPS) is 53.1. The van der Waals surface area contributed by atoms with Crippen LogP contribution in [0.25, 0.3) is 0 Å². The fraction of sp³-hybridized carbons (Fsp3) is 1.00. The number of methoxy groups -OCH3 is 1. The Hall–Kier alpha value is -0.0500. The van der Waals surface area contributed by atoms with Crippen LogP contribution in [0, 0.1) is 0 Å². The molecule has 0 aliphatic carbocycles. The first-order valence-electron chi connectivity index (χ1n) is 4.26. The molecule has 0 aromatic heterocycles. The first-order chi connectivity index (χ1) is 6.63. The second-order valence-electron chi connectivity index (χ2n) is 3.26. The first-order valence-corrected chi connectivity index (χ1v) is 5.26. The minimum absolute atomic E-state index is 0.320. The third-order valence-corrected chi connectivity index (χ3v) is 3.12. The first kappa shape index (κ1) is 10.5. The lowest BCUT2D eigenvalue weighted by Gasteiger charge is -2.36. The lowest BCUT2D eigenvalue weighted by atomic mass is 10.0. The zero-order valence-electron chi connectivity index (χ0n) is 7.78. The van der Waals surface area contributed by atoms with E-state index >= 15 is 0 Å². The summed E-state index contributed by atoms with van der Waals surface area (Å²) in [5, 5.41) is 9.69. The third-order valence-electron chi connectivity index (χ3n) is 2.36. The van der Waals surface area contributed by atoms with Gasteiger partial charge in [0.05, 0.1) is 6.10 Å². The number of aliphatic hydroxyl groups is 1. The van der Waals surface area contributed by atoms with E-state index in [9.17, 15) is 9.32 Å². The molecule has 2 fully saturated rings. The number of rotatable bonds is 1. The lowest BCUT2D eigenvalue weighted by Crippen LogP contribution is -2.55. The van der Waals surface area contributed by atoms with E-state index in [4.69, 9.17) is 17.8 Å². The Balaban J connectivity index is 2.15. The molecule has 1 N–H and O–H groups in total. The molecule has 2 aliphatic rings. The van der Waals surface area contributed by atoms with Crippen molar-refractivity contribution >= 4 is 11.4 Å². The Labute approximate surface area is 84.0 Å². The van der Waals surface area contributed by atoms with Crippen LogP contribution in [0.4, 0.5) is 0 Å². The molecule has 0 aromatic carbocycles. The average molecular weight is 224 g/mol. The summed E-state index contributed by atoms with van der Waals surface area (Å²) in [5.41, 5.74) is 0. The Bertz CT molecular complexity index is 246. The molecule has 2 heterocycles. The molecule has 0 amide bonds. The second kappa shape index (κ2) is 3.84. The summed E-state index contributed by atoms with van der Waals surface area (Å²) in [7, 11) is 1.42. The summed E-state index contributed by atoms with van der Waals surface area (Å²) in [6.45, 7) is 1.75. The maximum absolute atomic E-state index is 11.0. The van der Waals surface area contributed by atoms with E-state index in [0.29, 0.717) is 0 Å². The van der Waals surface area contributed by atoms with Gasteiger partial charge in [0.15, 0.2) is 6.29 Å². The lowest BCUT2D eigenvalue weighted by molar-refractivity contribution is -0.265. The van der Waals surface area contributed by atoms with Gasteiger partial charge in [0, 0.05) is 7.11 Å². The number of hydrogen-bond donors (Lipinski definition) is 1.